The third-order valence-electron chi connectivity index (χ3n) is 2.84. The summed E-state index contributed by atoms with van der Waals surface area (Å²) in [5, 5.41) is 10.4. The van der Waals surface area contributed by atoms with Gasteiger partial charge in [0.05, 0.1) is 11.1 Å². The summed E-state index contributed by atoms with van der Waals surface area (Å²) in [6.45, 7) is 0. The van der Waals surface area contributed by atoms with Crippen LogP contribution in [0.25, 0.3) is 11.0 Å². The number of benzene rings is 2. The largest absolute Gasteiger partial charge is 0.450 e. The van der Waals surface area contributed by atoms with E-state index in [1.54, 1.807) is 24.3 Å². The Hall–Kier alpha value is -2.64. The van der Waals surface area contributed by atoms with Crippen molar-refractivity contribution in [1.82, 2.24) is 0 Å². The fourth-order valence-electron chi connectivity index (χ4n) is 1.92. The molecule has 0 unspecified atom stereocenters. The average Bonchev–Trinajstić information content (AvgIpc) is 2.80. The van der Waals surface area contributed by atoms with E-state index in [0.717, 1.165) is 5.39 Å². The van der Waals surface area contributed by atoms with Crippen LogP contribution in [-0.4, -0.2) is 0 Å². The fraction of sp³-hybridized carbons (Fsp3) is 0. The highest BCUT2D eigenvalue weighted by Gasteiger charge is 2.16. The lowest BCUT2D eigenvalue weighted by molar-refractivity contribution is 0.469. The molecule has 0 aliphatic rings. The molecule has 98 valence electrons. The van der Waals surface area contributed by atoms with Crippen molar-refractivity contribution in [1.29, 1.82) is 5.26 Å². The van der Waals surface area contributed by atoms with Gasteiger partial charge in [-0.1, -0.05) is 23.7 Å². The number of ether oxygens (including phenoxy) is 1. The second-order valence-corrected chi connectivity index (χ2v) is 4.59. The van der Waals surface area contributed by atoms with Crippen LogP contribution in [0.15, 0.2) is 46.9 Å². The average molecular weight is 285 g/mol. The number of hydrogen-bond donors (Lipinski definition) is 1. The van der Waals surface area contributed by atoms with Gasteiger partial charge in [0.25, 0.3) is 0 Å². The number of para-hydroxylation sites is 1. The number of halogens is 1. The molecule has 5 heteroatoms. The first-order valence-corrected chi connectivity index (χ1v) is 6.21. The molecule has 0 amide bonds. The van der Waals surface area contributed by atoms with Crippen molar-refractivity contribution >= 4 is 28.3 Å². The number of hydrogen-bond acceptors (Lipinski definition) is 4. The number of furan rings is 1. The van der Waals surface area contributed by atoms with E-state index in [9.17, 15) is 0 Å². The van der Waals surface area contributed by atoms with Crippen molar-refractivity contribution in [2.45, 2.75) is 0 Å². The Labute approximate surface area is 119 Å². The molecule has 4 nitrogen and oxygen atoms in total. The van der Waals surface area contributed by atoms with E-state index in [-0.39, 0.29) is 5.76 Å². The summed E-state index contributed by atoms with van der Waals surface area (Å²) in [4.78, 5) is 0. The number of anilines is 1. The smallest absolute Gasteiger partial charge is 0.247 e. The summed E-state index contributed by atoms with van der Waals surface area (Å²) < 4.78 is 11.2. The van der Waals surface area contributed by atoms with Gasteiger partial charge in [0, 0.05) is 5.02 Å². The van der Waals surface area contributed by atoms with Crippen LogP contribution >= 0.6 is 11.6 Å². The molecule has 0 spiro atoms. The van der Waals surface area contributed by atoms with E-state index in [1.165, 1.54) is 0 Å². The topological polar surface area (TPSA) is 72.2 Å². The predicted molar refractivity (Wildman–Crippen MR) is 76.9 cm³/mol. The second-order valence-electron chi connectivity index (χ2n) is 4.15. The van der Waals surface area contributed by atoms with Crippen LogP contribution in [0.4, 0.5) is 5.69 Å². The van der Waals surface area contributed by atoms with Crippen LogP contribution in [0.2, 0.25) is 5.02 Å². The minimum Gasteiger partial charge on any atom is -0.450 e. The van der Waals surface area contributed by atoms with Crippen LogP contribution in [0.1, 0.15) is 5.76 Å². The second kappa shape index (κ2) is 4.80. The van der Waals surface area contributed by atoms with Crippen LogP contribution in [0.3, 0.4) is 0 Å². The maximum Gasteiger partial charge on any atom is 0.247 e. The summed E-state index contributed by atoms with van der Waals surface area (Å²) in [5.41, 5.74) is 6.84. The lowest BCUT2D eigenvalue weighted by Crippen LogP contribution is -1.92. The summed E-state index contributed by atoms with van der Waals surface area (Å²) in [5.74, 6) is 0.898. The Balaban J connectivity index is 2.12. The Morgan fingerprint density at radius 3 is 2.75 bits per heavy atom. The van der Waals surface area contributed by atoms with Crippen LogP contribution in [0, 0.1) is 11.3 Å². The molecule has 20 heavy (non-hydrogen) atoms. The maximum atomic E-state index is 9.13. The number of nitrogens with zero attached hydrogens (tertiary/aromatic N) is 1. The first-order chi connectivity index (χ1) is 9.69. The summed E-state index contributed by atoms with van der Waals surface area (Å²) in [6, 6.07) is 14.2. The minimum absolute atomic E-state index is 0.112. The lowest BCUT2D eigenvalue weighted by Gasteiger charge is -2.07. The summed E-state index contributed by atoms with van der Waals surface area (Å²) in [6.07, 6.45) is 0. The Bertz CT molecular complexity index is 833. The number of fused-ring (bicyclic) bond motifs is 1. The highest BCUT2D eigenvalue weighted by Crippen LogP contribution is 2.38. The normalized spacial score (nSPS) is 10.4. The molecule has 0 aliphatic heterocycles. The van der Waals surface area contributed by atoms with Crippen molar-refractivity contribution in [3.8, 4) is 17.6 Å². The standard InChI is InChI=1S/C15H9ClN2O2/c16-9-5-6-13(11(18)7-9)20-15-10-3-1-2-4-12(10)19-14(15)8-17/h1-7H,18H2. The number of nitriles is 1. The molecule has 3 rings (SSSR count). The molecule has 0 saturated heterocycles. The van der Waals surface area contributed by atoms with Gasteiger partial charge in [-0.05, 0) is 30.3 Å². The molecule has 0 radical (unpaired) electrons. The molecule has 0 fully saturated rings. The number of rotatable bonds is 2. The summed E-state index contributed by atoms with van der Waals surface area (Å²) >= 11 is 5.85. The van der Waals surface area contributed by atoms with Gasteiger partial charge in [-0.3, -0.25) is 0 Å². The fourth-order valence-corrected chi connectivity index (χ4v) is 2.10. The van der Waals surface area contributed by atoms with Gasteiger partial charge in [-0.25, -0.2) is 0 Å². The highest BCUT2D eigenvalue weighted by atomic mass is 35.5. The van der Waals surface area contributed by atoms with Gasteiger partial charge >= 0.3 is 0 Å². The third kappa shape index (κ3) is 2.04. The van der Waals surface area contributed by atoms with Crippen LogP contribution in [-0.2, 0) is 0 Å². The quantitative estimate of drug-likeness (QED) is 0.711. The minimum atomic E-state index is 0.112. The highest BCUT2D eigenvalue weighted by molar-refractivity contribution is 6.30. The zero-order chi connectivity index (χ0) is 14.1. The van der Waals surface area contributed by atoms with Gasteiger partial charge in [-0.2, -0.15) is 5.26 Å². The maximum absolute atomic E-state index is 9.13. The molecular formula is C15H9ClN2O2. The van der Waals surface area contributed by atoms with E-state index in [4.69, 9.17) is 31.8 Å². The van der Waals surface area contributed by atoms with E-state index in [0.29, 0.717) is 27.8 Å². The zero-order valence-electron chi connectivity index (χ0n) is 10.3. The first-order valence-electron chi connectivity index (χ1n) is 5.83. The van der Waals surface area contributed by atoms with Crippen molar-refractivity contribution in [2.24, 2.45) is 0 Å². The molecule has 3 aromatic rings. The van der Waals surface area contributed by atoms with Gasteiger partial charge in [0.1, 0.15) is 11.7 Å². The third-order valence-corrected chi connectivity index (χ3v) is 3.07. The first kappa shape index (κ1) is 12.4. The van der Waals surface area contributed by atoms with Gasteiger partial charge in [0.15, 0.2) is 11.5 Å². The van der Waals surface area contributed by atoms with Crippen LogP contribution < -0.4 is 10.5 Å². The van der Waals surface area contributed by atoms with E-state index in [2.05, 4.69) is 0 Å². The molecule has 2 N–H and O–H groups in total. The van der Waals surface area contributed by atoms with Gasteiger partial charge in [0.2, 0.25) is 5.76 Å². The van der Waals surface area contributed by atoms with Crippen molar-refractivity contribution in [3.05, 3.63) is 53.2 Å². The van der Waals surface area contributed by atoms with Crippen molar-refractivity contribution in [2.75, 3.05) is 5.73 Å². The van der Waals surface area contributed by atoms with E-state index >= 15 is 0 Å². The summed E-state index contributed by atoms with van der Waals surface area (Å²) in [7, 11) is 0. The molecule has 1 heterocycles. The number of nitrogen functional groups attached to an aromatic ring is 1. The lowest BCUT2D eigenvalue weighted by atomic mass is 10.2. The van der Waals surface area contributed by atoms with Gasteiger partial charge in [-0.15, -0.1) is 0 Å². The number of nitrogens with two attached hydrogens (primary N) is 1. The van der Waals surface area contributed by atoms with Gasteiger partial charge < -0.3 is 14.9 Å². The van der Waals surface area contributed by atoms with E-state index < -0.39 is 0 Å². The van der Waals surface area contributed by atoms with Crippen LogP contribution in [0.5, 0.6) is 11.5 Å². The SMILES string of the molecule is N#Cc1oc2ccccc2c1Oc1ccc(Cl)cc1N. The molecule has 2 aromatic carbocycles. The van der Waals surface area contributed by atoms with Crippen molar-refractivity contribution in [3.63, 3.8) is 0 Å². The Morgan fingerprint density at radius 2 is 2.00 bits per heavy atom. The monoisotopic (exact) mass is 284 g/mol. The van der Waals surface area contributed by atoms with E-state index in [1.807, 2.05) is 24.3 Å². The molecule has 0 aliphatic carbocycles. The molecule has 0 atom stereocenters. The molecule has 0 saturated carbocycles. The zero-order valence-corrected chi connectivity index (χ0v) is 11.0. The van der Waals surface area contributed by atoms with Crippen molar-refractivity contribution < 1.29 is 9.15 Å². The Kier molecular flexibility index (Phi) is 2.97. The molecular weight excluding hydrogens is 276 g/mol. The molecule has 1 aromatic heterocycles. The Morgan fingerprint density at radius 1 is 1.20 bits per heavy atom. The molecule has 0 bridgehead atoms. The predicted octanol–water partition coefficient (Wildman–Crippen LogP) is 4.33.